The normalized spacial score (nSPS) is 31.9. The highest BCUT2D eigenvalue weighted by Crippen LogP contribution is 2.32. The van der Waals surface area contributed by atoms with Gasteiger partial charge in [-0.1, -0.05) is 0 Å². The first kappa shape index (κ1) is 15.7. The molecule has 1 aliphatic carbocycles. The van der Waals surface area contributed by atoms with Crippen LogP contribution in [0.2, 0.25) is 0 Å². The summed E-state index contributed by atoms with van der Waals surface area (Å²) >= 11 is 0. The largest absolute Gasteiger partial charge is 0.380 e. The minimum atomic E-state index is -3.26. The lowest BCUT2D eigenvalue weighted by Crippen LogP contribution is -2.50. The topological polar surface area (TPSA) is 59.1 Å². The van der Waals surface area contributed by atoms with E-state index < -0.39 is 10.0 Å². The van der Waals surface area contributed by atoms with Crippen LogP contribution in [0.5, 0.6) is 0 Å². The van der Waals surface area contributed by atoms with E-state index in [1.54, 1.807) is 4.31 Å². The molecule has 2 unspecified atom stereocenters. The van der Waals surface area contributed by atoms with Crippen LogP contribution in [0, 0.1) is 5.92 Å². The first-order valence-corrected chi connectivity index (χ1v) is 9.43. The Morgan fingerprint density at radius 1 is 1.19 bits per heavy atom. The molecular weight excluding hydrogens is 292 g/mol. The van der Waals surface area contributed by atoms with E-state index in [9.17, 15) is 8.42 Å². The zero-order valence-corrected chi connectivity index (χ0v) is 13.6. The van der Waals surface area contributed by atoms with Crippen LogP contribution in [-0.2, 0) is 19.5 Å². The maximum absolute atomic E-state index is 12.8. The van der Waals surface area contributed by atoms with Gasteiger partial charge in [0, 0.05) is 32.8 Å². The number of sulfonamides is 1. The molecule has 0 bridgehead atoms. The molecule has 0 aromatic heterocycles. The molecule has 0 aromatic rings. The third-order valence-electron chi connectivity index (χ3n) is 4.58. The first-order valence-electron chi connectivity index (χ1n) is 7.92. The molecule has 21 heavy (non-hydrogen) atoms. The standard InChI is InChI=1S/C14H26N2O4S/c1-15-5-7-20-13(9-15)10-16(8-12-2-3-12)21(17,18)14-4-6-19-11-14/h12-14H,2-11H2,1H3. The Kier molecular flexibility index (Phi) is 4.85. The van der Waals surface area contributed by atoms with Crippen LogP contribution in [0.3, 0.4) is 0 Å². The zero-order chi connectivity index (χ0) is 14.9. The average Bonchev–Trinajstić information content (AvgIpc) is 3.07. The van der Waals surface area contributed by atoms with Crippen LogP contribution in [-0.4, -0.2) is 82.0 Å². The predicted octanol–water partition coefficient (Wildman–Crippen LogP) is 0.148. The third kappa shape index (κ3) is 3.96. The van der Waals surface area contributed by atoms with E-state index in [2.05, 4.69) is 11.9 Å². The summed E-state index contributed by atoms with van der Waals surface area (Å²) in [7, 11) is -1.21. The van der Waals surface area contributed by atoms with Crippen molar-refractivity contribution in [3.63, 3.8) is 0 Å². The number of ether oxygens (including phenoxy) is 2. The molecular formula is C14H26N2O4S. The van der Waals surface area contributed by atoms with Crippen molar-refractivity contribution in [2.24, 2.45) is 5.92 Å². The second-order valence-corrected chi connectivity index (χ2v) is 8.76. The molecule has 3 aliphatic rings. The summed E-state index contributed by atoms with van der Waals surface area (Å²) in [6.45, 7) is 4.45. The van der Waals surface area contributed by atoms with Gasteiger partial charge in [-0.15, -0.1) is 0 Å². The highest BCUT2D eigenvalue weighted by Gasteiger charge is 2.39. The van der Waals surface area contributed by atoms with E-state index in [-0.39, 0.29) is 11.4 Å². The van der Waals surface area contributed by atoms with Crippen molar-refractivity contribution in [3.05, 3.63) is 0 Å². The molecule has 0 radical (unpaired) electrons. The van der Waals surface area contributed by atoms with Crippen molar-refractivity contribution in [1.82, 2.24) is 9.21 Å². The molecule has 6 nitrogen and oxygen atoms in total. The number of hydrogen-bond acceptors (Lipinski definition) is 5. The Labute approximate surface area is 127 Å². The Bertz CT molecular complexity index is 446. The zero-order valence-electron chi connectivity index (χ0n) is 12.7. The summed E-state index contributed by atoms with van der Waals surface area (Å²) in [5.74, 6) is 0.545. The minimum Gasteiger partial charge on any atom is -0.380 e. The molecule has 122 valence electrons. The van der Waals surface area contributed by atoms with Gasteiger partial charge in [0.25, 0.3) is 0 Å². The van der Waals surface area contributed by atoms with E-state index in [0.717, 1.165) is 25.9 Å². The molecule has 0 amide bonds. The van der Waals surface area contributed by atoms with Gasteiger partial charge in [-0.05, 0) is 32.2 Å². The Balaban J connectivity index is 1.67. The van der Waals surface area contributed by atoms with Crippen molar-refractivity contribution in [2.75, 3.05) is 53.0 Å². The maximum atomic E-state index is 12.8. The Morgan fingerprint density at radius 2 is 2.00 bits per heavy atom. The Morgan fingerprint density at radius 3 is 2.62 bits per heavy atom. The summed E-state index contributed by atoms with van der Waals surface area (Å²) in [4.78, 5) is 2.20. The van der Waals surface area contributed by atoms with E-state index in [4.69, 9.17) is 9.47 Å². The minimum absolute atomic E-state index is 0.0143. The molecule has 2 heterocycles. The molecule has 2 atom stereocenters. The van der Waals surface area contributed by atoms with E-state index >= 15 is 0 Å². The highest BCUT2D eigenvalue weighted by molar-refractivity contribution is 7.89. The predicted molar refractivity (Wildman–Crippen MR) is 79.7 cm³/mol. The highest BCUT2D eigenvalue weighted by atomic mass is 32.2. The quantitative estimate of drug-likeness (QED) is 0.698. The second-order valence-electron chi connectivity index (χ2n) is 6.55. The summed E-state index contributed by atoms with van der Waals surface area (Å²) in [5, 5.41) is -0.363. The van der Waals surface area contributed by atoms with Crippen molar-refractivity contribution >= 4 is 10.0 Å². The third-order valence-corrected chi connectivity index (χ3v) is 6.81. The lowest BCUT2D eigenvalue weighted by atomic mass is 10.2. The fourth-order valence-corrected chi connectivity index (χ4v) is 4.91. The van der Waals surface area contributed by atoms with Gasteiger partial charge in [-0.3, -0.25) is 0 Å². The fraction of sp³-hybridized carbons (Fsp3) is 1.00. The first-order chi connectivity index (χ1) is 10.1. The SMILES string of the molecule is CN1CCOC(CN(CC2CC2)S(=O)(=O)C2CCOC2)C1. The van der Waals surface area contributed by atoms with Gasteiger partial charge in [0.1, 0.15) is 5.25 Å². The molecule has 2 saturated heterocycles. The lowest BCUT2D eigenvalue weighted by molar-refractivity contribution is -0.0269. The molecule has 7 heteroatoms. The number of rotatable bonds is 6. The van der Waals surface area contributed by atoms with Crippen LogP contribution in [0.1, 0.15) is 19.3 Å². The summed E-state index contributed by atoms with van der Waals surface area (Å²) in [6.07, 6.45) is 2.91. The smallest absolute Gasteiger partial charge is 0.219 e. The van der Waals surface area contributed by atoms with E-state index in [1.165, 1.54) is 0 Å². The summed E-state index contributed by atoms with van der Waals surface area (Å²) in [6, 6.07) is 0. The molecule has 1 saturated carbocycles. The van der Waals surface area contributed by atoms with Gasteiger partial charge in [0.2, 0.25) is 10.0 Å². The van der Waals surface area contributed by atoms with Gasteiger partial charge in [-0.2, -0.15) is 4.31 Å². The lowest BCUT2D eigenvalue weighted by Gasteiger charge is -2.34. The van der Waals surface area contributed by atoms with Gasteiger partial charge >= 0.3 is 0 Å². The molecule has 0 spiro atoms. The second kappa shape index (κ2) is 6.50. The van der Waals surface area contributed by atoms with Gasteiger partial charge in [0.05, 0.1) is 19.3 Å². The number of morpholine rings is 1. The van der Waals surface area contributed by atoms with Gasteiger partial charge in [-0.25, -0.2) is 8.42 Å². The summed E-state index contributed by atoms with van der Waals surface area (Å²) in [5.41, 5.74) is 0. The summed E-state index contributed by atoms with van der Waals surface area (Å²) < 4.78 is 38.4. The van der Waals surface area contributed by atoms with E-state index in [0.29, 0.717) is 45.2 Å². The molecule has 3 fully saturated rings. The maximum Gasteiger partial charge on any atom is 0.219 e. The van der Waals surface area contributed by atoms with Crippen LogP contribution in [0.25, 0.3) is 0 Å². The van der Waals surface area contributed by atoms with Crippen molar-refractivity contribution in [3.8, 4) is 0 Å². The van der Waals surface area contributed by atoms with Crippen molar-refractivity contribution in [2.45, 2.75) is 30.6 Å². The Hall–Kier alpha value is -0.210. The van der Waals surface area contributed by atoms with Crippen LogP contribution < -0.4 is 0 Å². The van der Waals surface area contributed by atoms with Crippen LogP contribution in [0.15, 0.2) is 0 Å². The molecule has 2 aliphatic heterocycles. The average molecular weight is 318 g/mol. The number of likely N-dealkylation sites (N-methyl/N-ethyl adjacent to an activating group) is 1. The van der Waals surface area contributed by atoms with Crippen molar-refractivity contribution in [1.29, 1.82) is 0 Å². The number of hydrogen-bond donors (Lipinski definition) is 0. The van der Waals surface area contributed by atoms with Crippen LogP contribution >= 0.6 is 0 Å². The monoisotopic (exact) mass is 318 g/mol. The van der Waals surface area contributed by atoms with Gasteiger partial charge in [0.15, 0.2) is 0 Å². The van der Waals surface area contributed by atoms with Gasteiger partial charge < -0.3 is 14.4 Å². The molecule has 3 rings (SSSR count). The van der Waals surface area contributed by atoms with Crippen LogP contribution in [0.4, 0.5) is 0 Å². The molecule has 0 N–H and O–H groups in total. The van der Waals surface area contributed by atoms with E-state index in [1.807, 2.05) is 0 Å². The fourth-order valence-electron chi connectivity index (χ4n) is 3.03. The molecule has 0 aromatic carbocycles. The number of nitrogens with zero attached hydrogens (tertiary/aromatic N) is 2. The van der Waals surface area contributed by atoms with Crippen molar-refractivity contribution < 1.29 is 17.9 Å².